The van der Waals surface area contributed by atoms with Crippen LogP contribution in [-0.2, 0) is 4.79 Å². The minimum atomic E-state index is -0.991. The molecule has 108 valence electrons. The number of unbranched alkanes of at least 4 members (excludes halogenated alkanes) is 3. The van der Waals surface area contributed by atoms with Crippen LogP contribution in [0.15, 0.2) is 36.0 Å². The van der Waals surface area contributed by atoms with E-state index in [1.807, 2.05) is 13.0 Å². The van der Waals surface area contributed by atoms with E-state index >= 15 is 0 Å². The van der Waals surface area contributed by atoms with Crippen LogP contribution in [0.4, 0.5) is 0 Å². The van der Waals surface area contributed by atoms with Crippen molar-refractivity contribution in [3.8, 4) is 0 Å². The van der Waals surface area contributed by atoms with Crippen LogP contribution in [0.2, 0.25) is 0 Å². The number of carboxylic acid groups (broad SMARTS) is 1. The van der Waals surface area contributed by atoms with Crippen LogP contribution in [0.5, 0.6) is 0 Å². The predicted molar refractivity (Wildman–Crippen MR) is 79.0 cm³/mol. The van der Waals surface area contributed by atoms with Crippen molar-refractivity contribution in [1.29, 1.82) is 0 Å². The van der Waals surface area contributed by atoms with Gasteiger partial charge in [-0.1, -0.05) is 56.6 Å². The second-order valence-corrected chi connectivity index (χ2v) is 4.85. The smallest absolute Gasteiger partial charge is 0.327 e. The topological polar surface area (TPSA) is 57.5 Å². The molecule has 0 aromatic rings. The van der Waals surface area contributed by atoms with Crippen LogP contribution in [0.25, 0.3) is 0 Å². The highest BCUT2D eigenvalue weighted by Crippen LogP contribution is 2.09. The van der Waals surface area contributed by atoms with Gasteiger partial charge in [0.15, 0.2) is 0 Å². The highest BCUT2D eigenvalue weighted by Gasteiger charge is 2.07. The van der Waals surface area contributed by atoms with E-state index in [-0.39, 0.29) is 5.92 Å². The van der Waals surface area contributed by atoms with Crippen LogP contribution in [-0.4, -0.2) is 22.3 Å². The molecule has 0 bridgehead atoms. The molecule has 0 aliphatic heterocycles. The van der Waals surface area contributed by atoms with Gasteiger partial charge < -0.3 is 10.2 Å². The van der Waals surface area contributed by atoms with Crippen molar-refractivity contribution in [1.82, 2.24) is 0 Å². The molecule has 0 saturated carbocycles. The Morgan fingerprint density at radius 1 is 1.21 bits per heavy atom. The number of aliphatic carboxylic acids is 1. The molecule has 2 unspecified atom stereocenters. The van der Waals surface area contributed by atoms with Crippen molar-refractivity contribution in [2.75, 3.05) is 0 Å². The molecule has 0 aromatic carbocycles. The molecule has 0 fully saturated rings. The van der Waals surface area contributed by atoms with Gasteiger partial charge in [0, 0.05) is 12.0 Å². The van der Waals surface area contributed by atoms with Crippen molar-refractivity contribution < 1.29 is 15.0 Å². The maximum Gasteiger partial charge on any atom is 0.327 e. The molecule has 0 spiro atoms. The van der Waals surface area contributed by atoms with E-state index in [0.29, 0.717) is 0 Å². The van der Waals surface area contributed by atoms with E-state index in [2.05, 4.69) is 13.0 Å². The third kappa shape index (κ3) is 10.3. The van der Waals surface area contributed by atoms with Gasteiger partial charge in [-0.15, -0.1) is 0 Å². The number of hydrogen-bond donors (Lipinski definition) is 2. The summed E-state index contributed by atoms with van der Waals surface area (Å²) in [6.45, 7) is 5.97. The minimum Gasteiger partial charge on any atom is -0.478 e. The standard InChI is InChI=1S/C16H26O3/c1-4-5-6-7-8-13(2)9-11-15(17)14(3)10-12-16(18)19/h8-12,14-15,17H,4-7H2,1-3H3,(H,18,19)/b11-9+,12-10+,13-8+. The van der Waals surface area contributed by atoms with Gasteiger partial charge >= 0.3 is 5.97 Å². The van der Waals surface area contributed by atoms with E-state index in [4.69, 9.17) is 5.11 Å². The number of carboxylic acids is 1. The fourth-order valence-electron chi connectivity index (χ4n) is 1.57. The van der Waals surface area contributed by atoms with Crippen molar-refractivity contribution in [2.45, 2.75) is 52.6 Å². The molecule has 0 aliphatic carbocycles. The average Bonchev–Trinajstić information content (AvgIpc) is 2.38. The maximum atomic E-state index is 10.4. The summed E-state index contributed by atoms with van der Waals surface area (Å²) in [5, 5.41) is 18.3. The first kappa shape index (κ1) is 17.6. The molecule has 0 heterocycles. The summed E-state index contributed by atoms with van der Waals surface area (Å²) in [6, 6.07) is 0. The number of rotatable bonds is 9. The highest BCUT2D eigenvalue weighted by atomic mass is 16.4. The van der Waals surface area contributed by atoms with E-state index in [1.54, 1.807) is 13.0 Å². The lowest BCUT2D eigenvalue weighted by molar-refractivity contribution is -0.131. The van der Waals surface area contributed by atoms with Crippen LogP contribution >= 0.6 is 0 Å². The molecule has 0 saturated heterocycles. The normalized spacial score (nSPS) is 16.1. The fourth-order valence-corrected chi connectivity index (χ4v) is 1.57. The van der Waals surface area contributed by atoms with Gasteiger partial charge in [0.2, 0.25) is 0 Å². The van der Waals surface area contributed by atoms with Crippen molar-refractivity contribution in [3.05, 3.63) is 36.0 Å². The second-order valence-electron chi connectivity index (χ2n) is 4.85. The number of aliphatic hydroxyl groups is 1. The van der Waals surface area contributed by atoms with E-state index < -0.39 is 12.1 Å². The van der Waals surface area contributed by atoms with Crippen LogP contribution in [0.3, 0.4) is 0 Å². The summed E-state index contributed by atoms with van der Waals surface area (Å²) in [4.78, 5) is 10.4. The van der Waals surface area contributed by atoms with Gasteiger partial charge in [0.25, 0.3) is 0 Å². The first-order chi connectivity index (χ1) is 8.97. The minimum absolute atomic E-state index is 0.208. The zero-order valence-corrected chi connectivity index (χ0v) is 12.2. The Bertz CT molecular complexity index is 340. The largest absolute Gasteiger partial charge is 0.478 e. The number of hydrogen-bond acceptors (Lipinski definition) is 2. The van der Waals surface area contributed by atoms with Gasteiger partial charge in [0.1, 0.15) is 0 Å². The third-order valence-corrected chi connectivity index (χ3v) is 2.91. The summed E-state index contributed by atoms with van der Waals surface area (Å²) in [6.07, 6.45) is 12.4. The molecule has 0 aliphatic rings. The predicted octanol–water partition coefficient (Wildman–Crippen LogP) is 3.71. The SMILES string of the molecule is CCCCC/C=C(C)/C=C/C(O)C(C)/C=C/C(=O)O. The number of aliphatic hydroxyl groups excluding tert-OH is 1. The molecular weight excluding hydrogens is 240 g/mol. The summed E-state index contributed by atoms with van der Waals surface area (Å²) in [7, 11) is 0. The molecule has 0 amide bonds. The van der Waals surface area contributed by atoms with E-state index in [1.165, 1.54) is 25.3 Å². The summed E-state index contributed by atoms with van der Waals surface area (Å²) < 4.78 is 0. The Balaban J connectivity index is 4.18. The maximum absolute atomic E-state index is 10.4. The van der Waals surface area contributed by atoms with Crippen LogP contribution < -0.4 is 0 Å². The monoisotopic (exact) mass is 266 g/mol. The van der Waals surface area contributed by atoms with E-state index in [0.717, 1.165) is 18.1 Å². The van der Waals surface area contributed by atoms with Crippen molar-refractivity contribution in [3.63, 3.8) is 0 Å². The molecule has 0 aromatic heterocycles. The molecule has 0 rings (SSSR count). The molecule has 19 heavy (non-hydrogen) atoms. The Morgan fingerprint density at radius 3 is 2.47 bits per heavy atom. The summed E-state index contributed by atoms with van der Waals surface area (Å²) in [5.41, 5.74) is 1.13. The van der Waals surface area contributed by atoms with Gasteiger partial charge in [-0.05, 0) is 19.8 Å². The van der Waals surface area contributed by atoms with Crippen LogP contribution in [0.1, 0.15) is 46.5 Å². The average molecular weight is 266 g/mol. The van der Waals surface area contributed by atoms with Gasteiger partial charge in [-0.25, -0.2) is 4.79 Å². The summed E-state index contributed by atoms with van der Waals surface area (Å²) >= 11 is 0. The molecular formula is C16H26O3. The lowest BCUT2D eigenvalue weighted by Crippen LogP contribution is -2.12. The zero-order chi connectivity index (χ0) is 14.7. The van der Waals surface area contributed by atoms with Crippen molar-refractivity contribution in [2.24, 2.45) is 5.92 Å². The van der Waals surface area contributed by atoms with Gasteiger partial charge in [0.05, 0.1) is 6.10 Å². The first-order valence-electron chi connectivity index (χ1n) is 6.91. The van der Waals surface area contributed by atoms with Gasteiger partial charge in [-0.3, -0.25) is 0 Å². The third-order valence-electron chi connectivity index (χ3n) is 2.91. The fraction of sp³-hybridized carbons (Fsp3) is 0.562. The first-order valence-corrected chi connectivity index (χ1v) is 6.91. The Morgan fingerprint density at radius 2 is 1.89 bits per heavy atom. The lowest BCUT2D eigenvalue weighted by Gasteiger charge is -2.10. The van der Waals surface area contributed by atoms with E-state index in [9.17, 15) is 9.90 Å². The molecule has 3 nitrogen and oxygen atoms in total. The molecule has 0 radical (unpaired) electrons. The molecule has 3 heteroatoms. The quantitative estimate of drug-likeness (QED) is 0.380. The van der Waals surface area contributed by atoms with Crippen LogP contribution in [0, 0.1) is 5.92 Å². The van der Waals surface area contributed by atoms with Gasteiger partial charge in [-0.2, -0.15) is 0 Å². The number of carbonyl (C=O) groups is 1. The highest BCUT2D eigenvalue weighted by molar-refractivity contribution is 5.79. The Labute approximate surface area is 116 Å². The second kappa shape index (κ2) is 10.6. The molecule has 2 atom stereocenters. The number of allylic oxidation sites excluding steroid dienone is 3. The summed E-state index contributed by atoms with van der Waals surface area (Å²) in [5.74, 6) is -1.20. The Kier molecular flexibility index (Phi) is 9.81. The zero-order valence-electron chi connectivity index (χ0n) is 12.2. The molecule has 2 N–H and O–H groups in total. The lowest BCUT2D eigenvalue weighted by atomic mass is 10.0. The van der Waals surface area contributed by atoms with Crippen molar-refractivity contribution >= 4 is 5.97 Å². The Hall–Kier alpha value is -1.35.